The minimum absolute atomic E-state index is 0.103. The second-order valence-corrected chi connectivity index (χ2v) is 6.22. The summed E-state index contributed by atoms with van der Waals surface area (Å²) in [6.45, 7) is 1.96. The van der Waals surface area contributed by atoms with E-state index in [2.05, 4.69) is 5.10 Å². The third kappa shape index (κ3) is 4.35. The Morgan fingerprint density at radius 1 is 1.07 bits per heavy atom. The summed E-state index contributed by atoms with van der Waals surface area (Å²) in [6.07, 6.45) is 0. The van der Waals surface area contributed by atoms with Crippen LogP contribution in [0.3, 0.4) is 0 Å². The number of hydrogen-bond donors (Lipinski definition) is 0. The number of esters is 1. The van der Waals surface area contributed by atoms with E-state index in [-0.39, 0.29) is 12.3 Å². The maximum absolute atomic E-state index is 12.1. The normalized spacial score (nSPS) is 10.5. The molecule has 0 bridgehead atoms. The van der Waals surface area contributed by atoms with Gasteiger partial charge in [-0.05, 0) is 49.4 Å². The molecule has 0 aliphatic heterocycles. The minimum atomic E-state index is -0.555. The van der Waals surface area contributed by atoms with Gasteiger partial charge in [0, 0.05) is 11.1 Å². The standard InChI is InChI=1S/C19H16Cl2N2O4/c1-3-26-19(24)16-11-18(27-14-7-5-13(25-2)6-8-14)23(22-16)17-9-4-12(20)10-15(17)21/h4-11H,3H2,1-2H3. The molecule has 0 N–H and O–H groups in total. The Balaban J connectivity index is 2.02. The van der Waals surface area contributed by atoms with Crippen LogP contribution in [0, 0.1) is 0 Å². The molecular weight excluding hydrogens is 391 g/mol. The lowest BCUT2D eigenvalue weighted by Crippen LogP contribution is -2.07. The van der Waals surface area contributed by atoms with Crippen LogP contribution in [0.15, 0.2) is 48.5 Å². The van der Waals surface area contributed by atoms with Gasteiger partial charge in [-0.15, -0.1) is 0 Å². The van der Waals surface area contributed by atoms with Crippen molar-refractivity contribution >= 4 is 29.2 Å². The van der Waals surface area contributed by atoms with Gasteiger partial charge < -0.3 is 14.2 Å². The van der Waals surface area contributed by atoms with Crippen molar-refractivity contribution in [2.24, 2.45) is 0 Å². The molecule has 1 aromatic heterocycles. The number of rotatable bonds is 6. The first-order chi connectivity index (χ1) is 13.0. The molecule has 0 atom stereocenters. The summed E-state index contributed by atoms with van der Waals surface area (Å²) < 4.78 is 17.5. The fourth-order valence-corrected chi connectivity index (χ4v) is 2.82. The summed E-state index contributed by atoms with van der Waals surface area (Å²) in [5.41, 5.74) is 0.617. The Morgan fingerprint density at radius 3 is 2.41 bits per heavy atom. The van der Waals surface area contributed by atoms with E-state index in [1.54, 1.807) is 56.5 Å². The predicted octanol–water partition coefficient (Wildman–Crippen LogP) is 5.16. The van der Waals surface area contributed by atoms with E-state index in [0.29, 0.717) is 33.1 Å². The minimum Gasteiger partial charge on any atom is -0.497 e. The highest BCUT2D eigenvalue weighted by Crippen LogP contribution is 2.31. The van der Waals surface area contributed by atoms with Crippen LogP contribution in [-0.4, -0.2) is 29.5 Å². The summed E-state index contributed by atoms with van der Waals surface area (Å²) in [7, 11) is 1.58. The first-order valence-corrected chi connectivity index (χ1v) is 8.82. The number of ether oxygens (including phenoxy) is 3. The lowest BCUT2D eigenvalue weighted by molar-refractivity contribution is 0.0519. The number of aromatic nitrogens is 2. The quantitative estimate of drug-likeness (QED) is 0.529. The van der Waals surface area contributed by atoms with Crippen molar-refractivity contribution in [3.63, 3.8) is 0 Å². The summed E-state index contributed by atoms with van der Waals surface area (Å²) in [5, 5.41) is 5.13. The molecule has 0 aliphatic carbocycles. The van der Waals surface area contributed by atoms with Gasteiger partial charge in [-0.2, -0.15) is 9.78 Å². The van der Waals surface area contributed by atoms with E-state index in [9.17, 15) is 4.79 Å². The van der Waals surface area contributed by atoms with Gasteiger partial charge in [0.1, 0.15) is 11.5 Å². The molecule has 0 amide bonds. The zero-order chi connectivity index (χ0) is 19.4. The molecular formula is C19H16Cl2N2O4. The number of methoxy groups -OCH3 is 1. The van der Waals surface area contributed by atoms with Crippen LogP contribution in [-0.2, 0) is 4.74 Å². The molecule has 3 rings (SSSR count). The highest BCUT2D eigenvalue weighted by atomic mass is 35.5. The fourth-order valence-electron chi connectivity index (χ4n) is 2.33. The van der Waals surface area contributed by atoms with Crippen LogP contribution >= 0.6 is 23.2 Å². The Hall–Kier alpha value is -2.70. The molecule has 0 saturated heterocycles. The second-order valence-electron chi connectivity index (χ2n) is 5.37. The van der Waals surface area contributed by atoms with E-state index in [1.807, 2.05) is 0 Å². The molecule has 0 unspecified atom stereocenters. The molecule has 140 valence electrons. The third-order valence-electron chi connectivity index (χ3n) is 3.58. The lowest BCUT2D eigenvalue weighted by Gasteiger charge is -2.10. The van der Waals surface area contributed by atoms with Crippen molar-refractivity contribution in [1.82, 2.24) is 9.78 Å². The van der Waals surface area contributed by atoms with Gasteiger partial charge in [-0.1, -0.05) is 23.2 Å². The average molecular weight is 407 g/mol. The SMILES string of the molecule is CCOC(=O)c1cc(Oc2ccc(OC)cc2)n(-c2ccc(Cl)cc2Cl)n1. The van der Waals surface area contributed by atoms with Crippen LogP contribution in [0.4, 0.5) is 0 Å². The predicted molar refractivity (Wildman–Crippen MR) is 103 cm³/mol. The number of carbonyl (C=O) groups is 1. The number of nitrogens with zero attached hydrogens (tertiary/aromatic N) is 2. The van der Waals surface area contributed by atoms with Crippen molar-refractivity contribution in [3.8, 4) is 23.1 Å². The maximum atomic E-state index is 12.1. The highest BCUT2D eigenvalue weighted by molar-refractivity contribution is 6.35. The molecule has 0 aliphatic rings. The highest BCUT2D eigenvalue weighted by Gasteiger charge is 2.19. The zero-order valence-electron chi connectivity index (χ0n) is 14.6. The molecule has 8 heteroatoms. The maximum Gasteiger partial charge on any atom is 0.358 e. The molecule has 2 aromatic carbocycles. The van der Waals surface area contributed by atoms with Gasteiger partial charge in [0.05, 0.1) is 24.4 Å². The molecule has 3 aromatic rings. The van der Waals surface area contributed by atoms with Crippen LogP contribution in [0.1, 0.15) is 17.4 Å². The monoisotopic (exact) mass is 406 g/mol. The van der Waals surface area contributed by atoms with Crippen molar-refractivity contribution in [2.75, 3.05) is 13.7 Å². The number of benzene rings is 2. The Bertz CT molecular complexity index is 955. The lowest BCUT2D eigenvalue weighted by atomic mass is 10.3. The Kier molecular flexibility index (Phi) is 5.88. The van der Waals surface area contributed by atoms with Crippen LogP contribution < -0.4 is 9.47 Å². The molecule has 1 heterocycles. The van der Waals surface area contributed by atoms with Crippen molar-refractivity contribution < 1.29 is 19.0 Å². The van der Waals surface area contributed by atoms with Crippen LogP contribution in [0.2, 0.25) is 10.0 Å². The van der Waals surface area contributed by atoms with Gasteiger partial charge >= 0.3 is 5.97 Å². The Morgan fingerprint density at radius 2 is 1.78 bits per heavy atom. The van der Waals surface area contributed by atoms with Gasteiger partial charge in [-0.3, -0.25) is 0 Å². The molecule has 0 saturated carbocycles. The number of carbonyl (C=O) groups excluding carboxylic acids is 1. The largest absolute Gasteiger partial charge is 0.497 e. The molecule has 0 radical (unpaired) electrons. The zero-order valence-corrected chi connectivity index (χ0v) is 16.1. The van der Waals surface area contributed by atoms with E-state index in [0.717, 1.165) is 0 Å². The molecule has 0 spiro atoms. The number of halogens is 2. The van der Waals surface area contributed by atoms with E-state index < -0.39 is 5.97 Å². The topological polar surface area (TPSA) is 62.6 Å². The van der Waals surface area contributed by atoms with Gasteiger partial charge in [0.15, 0.2) is 5.69 Å². The van der Waals surface area contributed by atoms with E-state index in [4.69, 9.17) is 37.4 Å². The van der Waals surface area contributed by atoms with Gasteiger partial charge in [-0.25, -0.2) is 4.79 Å². The first-order valence-electron chi connectivity index (χ1n) is 8.06. The second kappa shape index (κ2) is 8.33. The summed E-state index contributed by atoms with van der Waals surface area (Å²) in [4.78, 5) is 12.1. The summed E-state index contributed by atoms with van der Waals surface area (Å²) in [6, 6.07) is 13.4. The molecule has 27 heavy (non-hydrogen) atoms. The van der Waals surface area contributed by atoms with Crippen molar-refractivity contribution in [2.45, 2.75) is 6.92 Å². The van der Waals surface area contributed by atoms with E-state index in [1.165, 1.54) is 10.7 Å². The Labute approximate surface area is 166 Å². The number of hydrogen-bond acceptors (Lipinski definition) is 5. The average Bonchev–Trinajstić information content (AvgIpc) is 3.06. The van der Waals surface area contributed by atoms with Crippen LogP contribution in [0.5, 0.6) is 17.4 Å². The van der Waals surface area contributed by atoms with Crippen molar-refractivity contribution in [1.29, 1.82) is 0 Å². The third-order valence-corrected chi connectivity index (χ3v) is 4.12. The summed E-state index contributed by atoms with van der Waals surface area (Å²) >= 11 is 12.3. The molecule has 6 nitrogen and oxygen atoms in total. The summed E-state index contributed by atoms with van der Waals surface area (Å²) in [5.74, 6) is 0.981. The fraction of sp³-hybridized carbons (Fsp3) is 0.158. The van der Waals surface area contributed by atoms with E-state index >= 15 is 0 Å². The molecule has 0 fully saturated rings. The van der Waals surface area contributed by atoms with Crippen LogP contribution in [0.25, 0.3) is 5.69 Å². The van der Waals surface area contributed by atoms with Gasteiger partial charge in [0.25, 0.3) is 0 Å². The smallest absolute Gasteiger partial charge is 0.358 e. The van der Waals surface area contributed by atoms with Gasteiger partial charge in [0.2, 0.25) is 5.88 Å². The van der Waals surface area contributed by atoms with Crippen molar-refractivity contribution in [3.05, 3.63) is 64.3 Å². The first kappa shape index (κ1) is 19.1.